The fourth-order valence-corrected chi connectivity index (χ4v) is 3.05. The highest BCUT2D eigenvalue weighted by molar-refractivity contribution is 6.30. The van der Waals surface area contributed by atoms with Crippen LogP contribution in [0.1, 0.15) is 19.8 Å². The minimum atomic E-state index is -0.624. The number of nitrogens with one attached hydrogen (secondary N) is 1. The highest BCUT2D eigenvalue weighted by Gasteiger charge is 2.18. The van der Waals surface area contributed by atoms with Crippen LogP contribution >= 0.6 is 11.6 Å². The number of carbonyl (C=O) groups is 1. The summed E-state index contributed by atoms with van der Waals surface area (Å²) in [6.07, 6.45) is 1.71. The van der Waals surface area contributed by atoms with Gasteiger partial charge in [0.05, 0.1) is 0 Å². The normalized spacial score (nSPS) is 16.6. The Kier molecular flexibility index (Phi) is 6.58. The molecule has 27 heavy (non-hydrogen) atoms. The van der Waals surface area contributed by atoms with Crippen LogP contribution in [-0.2, 0) is 4.79 Å². The van der Waals surface area contributed by atoms with E-state index < -0.39 is 6.10 Å². The highest BCUT2D eigenvalue weighted by Crippen LogP contribution is 2.21. The molecule has 0 bridgehead atoms. The van der Waals surface area contributed by atoms with Crippen molar-refractivity contribution in [3.8, 4) is 11.5 Å². The molecule has 0 aliphatic carbocycles. The van der Waals surface area contributed by atoms with E-state index >= 15 is 0 Å². The molecule has 1 heterocycles. The van der Waals surface area contributed by atoms with Gasteiger partial charge in [-0.1, -0.05) is 11.6 Å². The predicted molar refractivity (Wildman–Crippen MR) is 108 cm³/mol. The van der Waals surface area contributed by atoms with E-state index in [0.717, 1.165) is 31.7 Å². The van der Waals surface area contributed by atoms with Crippen molar-refractivity contribution in [2.75, 3.05) is 25.5 Å². The van der Waals surface area contributed by atoms with Crippen molar-refractivity contribution >= 4 is 23.2 Å². The number of halogens is 1. The summed E-state index contributed by atoms with van der Waals surface area (Å²) in [7, 11) is 2.13. The first-order chi connectivity index (χ1) is 13.0. The fourth-order valence-electron chi connectivity index (χ4n) is 2.93. The van der Waals surface area contributed by atoms with Crippen molar-refractivity contribution in [1.82, 2.24) is 4.90 Å². The SMILES string of the molecule is C[C@@H](Oc1ccc(Cl)cc1)C(=O)Nc1ccc(OC2CCN(C)CC2)cc1. The number of piperidine rings is 1. The van der Waals surface area contributed by atoms with E-state index in [1.165, 1.54) is 0 Å². The van der Waals surface area contributed by atoms with Crippen LogP contribution in [0.3, 0.4) is 0 Å². The molecule has 0 spiro atoms. The average molecular weight is 389 g/mol. The number of hydrogen-bond donors (Lipinski definition) is 1. The minimum Gasteiger partial charge on any atom is -0.490 e. The molecule has 2 aromatic carbocycles. The monoisotopic (exact) mass is 388 g/mol. The molecule has 1 fully saturated rings. The van der Waals surface area contributed by atoms with E-state index in [0.29, 0.717) is 16.5 Å². The maximum Gasteiger partial charge on any atom is 0.265 e. The molecule has 144 valence electrons. The minimum absolute atomic E-state index is 0.214. The summed E-state index contributed by atoms with van der Waals surface area (Å²) in [5, 5.41) is 3.48. The Balaban J connectivity index is 1.49. The molecule has 1 amide bonds. The molecule has 1 N–H and O–H groups in total. The Hall–Kier alpha value is -2.24. The Morgan fingerprint density at radius 3 is 2.30 bits per heavy atom. The number of hydrogen-bond acceptors (Lipinski definition) is 4. The van der Waals surface area contributed by atoms with Crippen LogP contribution in [0.15, 0.2) is 48.5 Å². The number of benzene rings is 2. The third-order valence-corrected chi connectivity index (χ3v) is 4.84. The van der Waals surface area contributed by atoms with Gasteiger partial charge in [-0.2, -0.15) is 0 Å². The van der Waals surface area contributed by atoms with Gasteiger partial charge in [0, 0.05) is 23.8 Å². The van der Waals surface area contributed by atoms with Crippen molar-refractivity contribution in [2.45, 2.75) is 32.0 Å². The van der Waals surface area contributed by atoms with Crippen molar-refractivity contribution in [3.05, 3.63) is 53.6 Å². The van der Waals surface area contributed by atoms with Gasteiger partial charge in [-0.3, -0.25) is 4.79 Å². The van der Waals surface area contributed by atoms with Gasteiger partial charge in [0.15, 0.2) is 6.10 Å². The maximum atomic E-state index is 12.3. The Morgan fingerprint density at radius 1 is 1.07 bits per heavy atom. The van der Waals surface area contributed by atoms with Crippen LogP contribution in [0.25, 0.3) is 0 Å². The van der Waals surface area contributed by atoms with E-state index in [4.69, 9.17) is 21.1 Å². The number of carbonyl (C=O) groups excluding carboxylic acids is 1. The molecule has 0 radical (unpaired) electrons. The molecular formula is C21H25ClN2O3. The average Bonchev–Trinajstić information content (AvgIpc) is 2.67. The van der Waals surface area contributed by atoms with Crippen LogP contribution in [0.5, 0.6) is 11.5 Å². The van der Waals surface area contributed by atoms with Gasteiger partial charge < -0.3 is 19.7 Å². The van der Waals surface area contributed by atoms with Crippen molar-refractivity contribution in [2.24, 2.45) is 0 Å². The molecular weight excluding hydrogens is 364 g/mol. The second-order valence-corrected chi connectivity index (χ2v) is 7.28. The largest absolute Gasteiger partial charge is 0.490 e. The summed E-state index contributed by atoms with van der Waals surface area (Å²) >= 11 is 5.85. The molecule has 6 heteroatoms. The van der Waals surface area contributed by atoms with Gasteiger partial charge >= 0.3 is 0 Å². The molecule has 1 atom stereocenters. The zero-order chi connectivity index (χ0) is 19.2. The summed E-state index contributed by atoms with van der Waals surface area (Å²) in [6, 6.07) is 14.4. The van der Waals surface area contributed by atoms with Crippen LogP contribution in [0.2, 0.25) is 5.02 Å². The zero-order valence-corrected chi connectivity index (χ0v) is 16.4. The zero-order valence-electron chi connectivity index (χ0n) is 15.7. The van der Waals surface area contributed by atoms with Gasteiger partial charge in [-0.05, 0) is 75.3 Å². The number of ether oxygens (including phenoxy) is 2. The van der Waals surface area contributed by atoms with Gasteiger partial charge in [-0.25, -0.2) is 0 Å². The lowest BCUT2D eigenvalue weighted by Gasteiger charge is -2.29. The lowest BCUT2D eigenvalue weighted by Crippen LogP contribution is -2.35. The summed E-state index contributed by atoms with van der Waals surface area (Å²) in [6.45, 7) is 3.83. The number of amides is 1. The van der Waals surface area contributed by atoms with Gasteiger partial charge in [0.2, 0.25) is 0 Å². The summed E-state index contributed by atoms with van der Waals surface area (Å²) in [5.74, 6) is 1.21. The maximum absolute atomic E-state index is 12.3. The van der Waals surface area contributed by atoms with E-state index in [-0.39, 0.29) is 12.0 Å². The first kappa shape index (κ1) is 19.5. The molecule has 0 saturated carbocycles. The van der Waals surface area contributed by atoms with E-state index in [1.54, 1.807) is 31.2 Å². The van der Waals surface area contributed by atoms with Crippen LogP contribution in [0, 0.1) is 0 Å². The predicted octanol–water partition coefficient (Wildman–Crippen LogP) is 4.22. The lowest BCUT2D eigenvalue weighted by atomic mass is 10.1. The fraction of sp³-hybridized carbons (Fsp3) is 0.381. The standard InChI is InChI=1S/C21H25ClN2O3/c1-15(26-18-7-3-16(22)4-8-18)21(25)23-17-5-9-19(10-6-17)27-20-11-13-24(2)14-12-20/h3-10,15,20H,11-14H2,1-2H3,(H,23,25)/t15-/m1/s1. The smallest absolute Gasteiger partial charge is 0.265 e. The molecule has 2 aromatic rings. The highest BCUT2D eigenvalue weighted by atomic mass is 35.5. The molecule has 1 aliphatic rings. The number of nitrogens with zero attached hydrogens (tertiary/aromatic N) is 1. The first-order valence-electron chi connectivity index (χ1n) is 9.18. The molecule has 1 saturated heterocycles. The van der Waals surface area contributed by atoms with Crippen molar-refractivity contribution in [3.63, 3.8) is 0 Å². The topological polar surface area (TPSA) is 50.8 Å². The van der Waals surface area contributed by atoms with Crippen LogP contribution < -0.4 is 14.8 Å². The summed E-state index contributed by atoms with van der Waals surface area (Å²) < 4.78 is 11.7. The van der Waals surface area contributed by atoms with E-state index in [9.17, 15) is 4.79 Å². The summed E-state index contributed by atoms with van der Waals surface area (Å²) in [5.41, 5.74) is 0.710. The van der Waals surface area contributed by atoms with Crippen LogP contribution in [-0.4, -0.2) is 43.2 Å². The third-order valence-electron chi connectivity index (χ3n) is 4.59. The molecule has 0 aromatic heterocycles. The van der Waals surface area contributed by atoms with Crippen molar-refractivity contribution < 1.29 is 14.3 Å². The molecule has 5 nitrogen and oxygen atoms in total. The van der Waals surface area contributed by atoms with E-state index in [1.807, 2.05) is 24.3 Å². The lowest BCUT2D eigenvalue weighted by molar-refractivity contribution is -0.122. The van der Waals surface area contributed by atoms with E-state index in [2.05, 4.69) is 17.3 Å². The van der Waals surface area contributed by atoms with Gasteiger partial charge in [0.1, 0.15) is 17.6 Å². The second-order valence-electron chi connectivity index (χ2n) is 6.85. The van der Waals surface area contributed by atoms with Gasteiger partial charge in [-0.15, -0.1) is 0 Å². The third kappa shape index (κ3) is 5.88. The molecule has 0 unspecified atom stereocenters. The molecule has 3 rings (SSSR count). The Labute approximate surface area is 165 Å². The number of likely N-dealkylation sites (tertiary alicyclic amines) is 1. The first-order valence-corrected chi connectivity index (χ1v) is 9.56. The number of anilines is 1. The second kappa shape index (κ2) is 9.11. The van der Waals surface area contributed by atoms with Gasteiger partial charge in [0.25, 0.3) is 5.91 Å². The molecule has 1 aliphatic heterocycles. The quantitative estimate of drug-likeness (QED) is 0.805. The Morgan fingerprint density at radius 2 is 1.67 bits per heavy atom. The summed E-state index contributed by atoms with van der Waals surface area (Å²) in [4.78, 5) is 14.6. The number of rotatable bonds is 6. The van der Waals surface area contributed by atoms with Crippen LogP contribution in [0.4, 0.5) is 5.69 Å². The Bertz CT molecular complexity index is 741. The van der Waals surface area contributed by atoms with Crippen molar-refractivity contribution in [1.29, 1.82) is 0 Å².